The van der Waals surface area contributed by atoms with Gasteiger partial charge in [-0.25, -0.2) is 4.79 Å². The molecule has 3 aromatic carbocycles. The summed E-state index contributed by atoms with van der Waals surface area (Å²) in [6.07, 6.45) is 2.06. The first-order valence-corrected chi connectivity index (χ1v) is 10.8. The molecule has 1 aliphatic heterocycles. The van der Waals surface area contributed by atoms with Gasteiger partial charge in [0, 0.05) is 23.6 Å². The second-order valence-electron chi connectivity index (χ2n) is 7.87. The number of carbonyl (C=O) groups is 1. The molecule has 166 valence electrons. The molecule has 1 aliphatic rings. The summed E-state index contributed by atoms with van der Waals surface area (Å²) in [7, 11) is 3.17. The molecule has 6 nitrogen and oxygen atoms in total. The Kier molecular flexibility index (Phi) is 5.48. The van der Waals surface area contributed by atoms with E-state index in [9.17, 15) is 4.79 Å². The van der Waals surface area contributed by atoms with Crippen molar-refractivity contribution in [3.8, 4) is 17.2 Å². The van der Waals surface area contributed by atoms with Gasteiger partial charge in [-0.2, -0.15) is 0 Å². The highest BCUT2D eigenvalue weighted by Crippen LogP contribution is 2.37. The molecule has 2 amide bonds. The minimum atomic E-state index is -0.256. The standard InChI is InChI=1S/C27H25N3O3/c1-32-24-15-14-21(17-25(24)33-2)28-27(31)30-18-20-11-6-7-12-22(20)29-16-8-13-23(29)26(30)19-9-4-3-5-10-19/h3-17,26H,18H2,1-2H3,(H,28,31). The zero-order valence-corrected chi connectivity index (χ0v) is 18.6. The van der Waals surface area contributed by atoms with Crippen LogP contribution in [0.25, 0.3) is 5.69 Å². The van der Waals surface area contributed by atoms with Crippen molar-refractivity contribution in [2.45, 2.75) is 12.6 Å². The van der Waals surface area contributed by atoms with Crippen molar-refractivity contribution >= 4 is 11.7 Å². The minimum Gasteiger partial charge on any atom is -0.493 e. The van der Waals surface area contributed by atoms with Gasteiger partial charge in [-0.05, 0) is 41.5 Å². The monoisotopic (exact) mass is 439 g/mol. The number of aromatic nitrogens is 1. The van der Waals surface area contributed by atoms with Crippen LogP contribution in [-0.4, -0.2) is 29.7 Å². The van der Waals surface area contributed by atoms with Gasteiger partial charge in [-0.3, -0.25) is 0 Å². The molecule has 2 heterocycles. The molecule has 1 N–H and O–H groups in total. The summed E-state index contributed by atoms with van der Waals surface area (Å²) in [6, 6.07) is 27.3. The number of carbonyl (C=O) groups excluding carboxylic acids is 1. The number of fused-ring (bicyclic) bond motifs is 3. The summed E-state index contributed by atoms with van der Waals surface area (Å²) in [5, 5.41) is 3.06. The first-order chi connectivity index (χ1) is 16.2. The van der Waals surface area contributed by atoms with Crippen molar-refractivity contribution in [3.63, 3.8) is 0 Å². The summed E-state index contributed by atoms with van der Waals surface area (Å²) in [5.41, 5.74) is 4.88. The fourth-order valence-corrected chi connectivity index (χ4v) is 4.43. The second kappa shape index (κ2) is 8.74. The predicted octanol–water partition coefficient (Wildman–Crippen LogP) is 5.63. The van der Waals surface area contributed by atoms with Crippen molar-refractivity contribution in [2.24, 2.45) is 0 Å². The van der Waals surface area contributed by atoms with E-state index in [1.54, 1.807) is 26.4 Å². The largest absolute Gasteiger partial charge is 0.493 e. The Morgan fingerprint density at radius 3 is 2.42 bits per heavy atom. The molecule has 1 aromatic heterocycles. The van der Waals surface area contributed by atoms with Crippen LogP contribution in [0.2, 0.25) is 0 Å². The number of rotatable bonds is 4. The number of methoxy groups -OCH3 is 2. The van der Waals surface area contributed by atoms with Gasteiger partial charge >= 0.3 is 6.03 Å². The van der Waals surface area contributed by atoms with Gasteiger partial charge in [-0.1, -0.05) is 48.5 Å². The van der Waals surface area contributed by atoms with Crippen LogP contribution in [0, 0.1) is 0 Å². The SMILES string of the molecule is COc1ccc(NC(=O)N2Cc3ccccc3-n3cccc3C2c2ccccc2)cc1OC. The van der Waals surface area contributed by atoms with Gasteiger partial charge in [0.15, 0.2) is 11.5 Å². The Balaban J connectivity index is 1.58. The molecule has 5 rings (SSSR count). The third-order valence-corrected chi connectivity index (χ3v) is 5.97. The van der Waals surface area contributed by atoms with Crippen LogP contribution < -0.4 is 14.8 Å². The van der Waals surface area contributed by atoms with Crippen LogP contribution in [0.4, 0.5) is 10.5 Å². The summed E-state index contributed by atoms with van der Waals surface area (Å²) < 4.78 is 12.9. The van der Waals surface area contributed by atoms with Gasteiger partial charge < -0.3 is 24.3 Å². The van der Waals surface area contributed by atoms with E-state index in [1.807, 2.05) is 47.4 Å². The summed E-state index contributed by atoms with van der Waals surface area (Å²) in [4.78, 5) is 15.6. The lowest BCUT2D eigenvalue weighted by atomic mass is 10.0. The van der Waals surface area contributed by atoms with Crippen molar-refractivity contribution in [1.82, 2.24) is 9.47 Å². The average Bonchev–Trinajstić information content (AvgIpc) is 3.28. The number of hydrogen-bond donors (Lipinski definition) is 1. The zero-order valence-electron chi connectivity index (χ0n) is 18.6. The van der Waals surface area contributed by atoms with Crippen molar-refractivity contribution in [2.75, 3.05) is 19.5 Å². The van der Waals surface area contributed by atoms with Gasteiger partial charge in [0.2, 0.25) is 0 Å². The van der Waals surface area contributed by atoms with Crippen molar-refractivity contribution in [1.29, 1.82) is 0 Å². The number of ether oxygens (including phenoxy) is 2. The molecular weight excluding hydrogens is 414 g/mol. The third kappa shape index (κ3) is 3.80. The summed E-state index contributed by atoms with van der Waals surface area (Å²) >= 11 is 0. The lowest BCUT2D eigenvalue weighted by molar-refractivity contribution is 0.194. The van der Waals surface area contributed by atoms with Crippen molar-refractivity contribution < 1.29 is 14.3 Å². The smallest absolute Gasteiger partial charge is 0.322 e. The Morgan fingerprint density at radius 1 is 0.879 bits per heavy atom. The van der Waals surface area contributed by atoms with Crippen LogP contribution in [0.15, 0.2) is 91.1 Å². The quantitative estimate of drug-likeness (QED) is 0.448. The van der Waals surface area contributed by atoms with E-state index in [4.69, 9.17) is 9.47 Å². The van der Waals surface area contributed by atoms with E-state index in [1.165, 1.54) is 0 Å². The highest BCUT2D eigenvalue weighted by Gasteiger charge is 2.33. The number of urea groups is 1. The highest BCUT2D eigenvalue weighted by atomic mass is 16.5. The van der Waals surface area contributed by atoms with Crippen LogP contribution >= 0.6 is 0 Å². The Hall–Kier alpha value is -4.19. The minimum absolute atomic E-state index is 0.194. The van der Waals surface area contributed by atoms with Crippen LogP contribution in [-0.2, 0) is 6.54 Å². The fraction of sp³-hybridized carbons (Fsp3) is 0.148. The Morgan fingerprint density at radius 2 is 1.64 bits per heavy atom. The Bertz CT molecular complexity index is 1280. The molecule has 0 saturated heterocycles. The summed E-state index contributed by atoms with van der Waals surface area (Å²) in [6.45, 7) is 0.469. The number of amides is 2. The second-order valence-corrected chi connectivity index (χ2v) is 7.87. The van der Waals surface area contributed by atoms with E-state index in [0.29, 0.717) is 23.7 Å². The molecule has 0 spiro atoms. The lowest BCUT2D eigenvalue weighted by Gasteiger charge is -2.31. The van der Waals surface area contributed by atoms with Gasteiger partial charge in [-0.15, -0.1) is 0 Å². The van der Waals surface area contributed by atoms with Gasteiger partial charge in [0.1, 0.15) is 0 Å². The fourth-order valence-electron chi connectivity index (χ4n) is 4.43. The first kappa shape index (κ1) is 20.7. The number of nitrogens with zero attached hydrogens (tertiary/aromatic N) is 2. The molecule has 4 aromatic rings. The molecule has 0 aliphatic carbocycles. The number of para-hydroxylation sites is 1. The molecular formula is C27H25N3O3. The molecule has 0 fully saturated rings. The zero-order chi connectivity index (χ0) is 22.8. The number of anilines is 1. The first-order valence-electron chi connectivity index (χ1n) is 10.8. The number of nitrogens with one attached hydrogen (secondary N) is 1. The van der Waals surface area contributed by atoms with Crippen LogP contribution in [0.1, 0.15) is 22.9 Å². The van der Waals surface area contributed by atoms with E-state index in [-0.39, 0.29) is 12.1 Å². The molecule has 1 atom stereocenters. The maximum absolute atomic E-state index is 13.7. The maximum Gasteiger partial charge on any atom is 0.322 e. The number of hydrogen-bond acceptors (Lipinski definition) is 3. The van der Waals surface area contributed by atoms with Crippen molar-refractivity contribution in [3.05, 3.63) is 108 Å². The van der Waals surface area contributed by atoms with E-state index >= 15 is 0 Å². The van der Waals surface area contributed by atoms with Crippen LogP contribution in [0.3, 0.4) is 0 Å². The van der Waals surface area contributed by atoms with E-state index in [0.717, 1.165) is 22.5 Å². The summed E-state index contributed by atoms with van der Waals surface area (Å²) in [5.74, 6) is 1.17. The topological polar surface area (TPSA) is 55.7 Å². The maximum atomic E-state index is 13.7. The average molecular weight is 440 g/mol. The lowest BCUT2D eigenvalue weighted by Crippen LogP contribution is -2.37. The molecule has 6 heteroatoms. The third-order valence-electron chi connectivity index (χ3n) is 5.97. The highest BCUT2D eigenvalue weighted by molar-refractivity contribution is 5.90. The predicted molar refractivity (Wildman–Crippen MR) is 128 cm³/mol. The molecule has 1 unspecified atom stereocenters. The molecule has 0 bridgehead atoms. The van der Waals surface area contributed by atoms with Gasteiger partial charge in [0.05, 0.1) is 32.5 Å². The van der Waals surface area contributed by atoms with E-state index in [2.05, 4.69) is 46.4 Å². The normalized spacial score (nSPS) is 14.6. The van der Waals surface area contributed by atoms with Gasteiger partial charge in [0.25, 0.3) is 0 Å². The molecule has 0 radical (unpaired) electrons. The van der Waals surface area contributed by atoms with Crippen LogP contribution in [0.5, 0.6) is 11.5 Å². The van der Waals surface area contributed by atoms with E-state index < -0.39 is 0 Å². The Labute approximate surface area is 193 Å². The molecule has 0 saturated carbocycles. The molecule has 33 heavy (non-hydrogen) atoms. The number of benzene rings is 3.